The normalized spacial score (nSPS) is 35.3. The fourth-order valence-corrected chi connectivity index (χ4v) is 4.12. The zero-order valence-electron chi connectivity index (χ0n) is 14.2. The first-order valence-corrected chi connectivity index (χ1v) is 8.18. The summed E-state index contributed by atoms with van der Waals surface area (Å²) in [4.78, 5) is 17.3. The molecule has 0 amide bonds. The number of methoxy groups -OCH3 is 1. The summed E-state index contributed by atoms with van der Waals surface area (Å²) in [6.07, 6.45) is 2.82. The number of nitrogens with zero attached hydrogens (tertiary/aromatic N) is 2. The van der Waals surface area contributed by atoms with Crippen LogP contribution in [0.15, 0.2) is 0 Å². The zero-order chi connectivity index (χ0) is 15.6. The van der Waals surface area contributed by atoms with Gasteiger partial charge < -0.3 is 9.64 Å². The molecule has 0 aromatic heterocycles. The third kappa shape index (κ3) is 3.58. The smallest absolute Gasteiger partial charge is 0.326 e. The van der Waals surface area contributed by atoms with E-state index in [1.54, 1.807) is 0 Å². The van der Waals surface area contributed by atoms with Crippen LogP contribution in [0.25, 0.3) is 0 Å². The van der Waals surface area contributed by atoms with Crippen LogP contribution in [-0.2, 0) is 9.53 Å². The second-order valence-electron chi connectivity index (χ2n) is 7.12. The maximum atomic E-state index is 12.3. The second kappa shape index (κ2) is 6.63. The molecule has 0 aromatic rings. The molecular weight excluding hydrogens is 266 g/mol. The SMILES string of the molecule is COC(=O)C1(NC(C)C)CCC(N2CCN(C)CC2C)C1. The predicted octanol–water partition coefficient (Wildman–Crippen LogP) is 1.08. The molecule has 0 radical (unpaired) electrons. The summed E-state index contributed by atoms with van der Waals surface area (Å²) < 4.78 is 5.09. The molecule has 1 heterocycles. The number of nitrogens with one attached hydrogen (secondary N) is 1. The van der Waals surface area contributed by atoms with Gasteiger partial charge in [0, 0.05) is 37.8 Å². The van der Waals surface area contributed by atoms with Crippen LogP contribution in [0.2, 0.25) is 0 Å². The van der Waals surface area contributed by atoms with E-state index in [9.17, 15) is 4.79 Å². The summed E-state index contributed by atoms with van der Waals surface area (Å²) >= 11 is 0. The molecule has 2 aliphatic rings. The Labute approximate surface area is 129 Å². The lowest BCUT2D eigenvalue weighted by Crippen LogP contribution is -2.57. The maximum absolute atomic E-state index is 12.3. The third-order valence-corrected chi connectivity index (χ3v) is 4.98. The van der Waals surface area contributed by atoms with E-state index in [2.05, 4.69) is 42.9 Å². The van der Waals surface area contributed by atoms with Gasteiger partial charge in [0.25, 0.3) is 0 Å². The molecule has 122 valence electrons. The molecule has 21 heavy (non-hydrogen) atoms. The summed E-state index contributed by atoms with van der Waals surface area (Å²) in [6, 6.07) is 1.33. The lowest BCUT2D eigenvalue weighted by atomic mass is 9.95. The van der Waals surface area contributed by atoms with E-state index in [4.69, 9.17) is 4.74 Å². The Morgan fingerprint density at radius 1 is 1.38 bits per heavy atom. The molecular formula is C16H31N3O2. The Kier molecular flexibility index (Phi) is 5.28. The van der Waals surface area contributed by atoms with E-state index in [0.717, 1.165) is 38.9 Å². The van der Waals surface area contributed by atoms with E-state index in [0.29, 0.717) is 12.1 Å². The number of hydrogen-bond acceptors (Lipinski definition) is 5. The van der Waals surface area contributed by atoms with Crippen molar-refractivity contribution in [2.24, 2.45) is 0 Å². The van der Waals surface area contributed by atoms with Gasteiger partial charge in [0.2, 0.25) is 0 Å². The number of carbonyl (C=O) groups is 1. The van der Waals surface area contributed by atoms with Gasteiger partial charge in [-0.2, -0.15) is 0 Å². The largest absolute Gasteiger partial charge is 0.468 e. The quantitative estimate of drug-likeness (QED) is 0.787. The van der Waals surface area contributed by atoms with Crippen LogP contribution < -0.4 is 5.32 Å². The first kappa shape index (κ1) is 16.7. The van der Waals surface area contributed by atoms with Gasteiger partial charge >= 0.3 is 5.97 Å². The highest BCUT2D eigenvalue weighted by atomic mass is 16.5. The van der Waals surface area contributed by atoms with E-state index in [-0.39, 0.29) is 12.0 Å². The second-order valence-corrected chi connectivity index (χ2v) is 7.12. The van der Waals surface area contributed by atoms with Crippen molar-refractivity contribution in [3.8, 4) is 0 Å². The van der Waals surface area contributed by atoms with Crippen LogP contribution >= 0.6 is 0 Å². The topological polar surface area (TPSA) is 44.8 Å². The molecule has 0 aromatic carbocycles. The Morgan fingerprint density at radius 2 is 2.10 bits per heavy atom. The number of esters is 1. The Bertz CT molecular complexity index is 375. The van der Waals surface area contributed by atoms with E-state index < -0.39 is 5.54 Å². The van der Waals surface area contributed by atoms with Crippen molar-refractivity contribution < 1.29 is 9.53 Å². The number of rotatable bonds is 4. The van der Waals surface area contributed by atoms with Crippen LogP contribution in [-0.4, -0.2) is 73.2 Å². The molecule has 2 rings (SSSR count). The van der Waals surface area contributed by atoms with Gasteiger partial charge in [0.05, 0.1) is 7.11 Å². The Hall–Kier alpha value is -0.650. The van der Waals surface area contributed by atoms with Crippen LogP contribution in [0, 0.1) is 0 Å². The monoisotopic (exact) mass is 297 g/mol. The molecule has 5 nitrogen and oxygen atoms in total. The molecule has 2 fully saturated rings. The summed E-state index contributed by atoms with van der Waals surface area (Å²) in [5.41, 5.74) is -0.489. The Balaban J connectivity index is 2.07. The summed E-state index contributed by atoms with van der Waals surface area (Å²) in [7, 11) is 3.68. The zero-order valence-corrected chi connectivity index (χ0v) is 14.2. The highest BCUT2D eigenvalue weighted by Gasteiger charge is 2.48. The van der Waals surface area contributed by atoms with Crippen molar-refractivity contribution >= 4 is 5.97 Å². The van der Waals surface area contributed by atoms with Gasteiger partial charge in [0.1, 0.15) is 5.54 Å². The van der Waals surface area contributed by atoms with E-state index >= 15 is 0 Å². The van der Waals surface area contributed by atoms with Crippen molar-refractivity contribution in [3.63, 3.8) is 0 Å². The Morgan fingerprint density at radius 3 is 2.67 bits per heavy atom. The molecule has 5 heteroatoms. The fourth-order valence-electron chi connectivity index (χ4n) is 4.12. The minimum Gasteiger partial charge on any atom is -0.468 e. The molecule has 1 aliphatic heterocycles. The van der Waals surface area contributed by atoms with Gasteiger partial charge in [-0.1, -0.05) is 0 Å². The lowest BCUT2D eigenvalue weighted by Gasteiger charge is -2.42. The fraction of sp³-hybridized carbons (Fsp3) is 0.938. The molecule has 0 spiro atoms. The summed E-state index contributed by atoms with van der Waals surface area (Å²) in [6.45, 7) is 9.81. The van der Waals surface area contributed by atoms with Gasteiger partial charge in [0.15, 0.2) is 0 Å². The van der Waals surface area contributed by atoms with Gasteiger partial charge in [-0.05, 0) is 47.1 Å². The van der Waals surface area contributed by atoms with Crippen molar-refractivity contribution in [1.29, 1.82) is 0 Å². The molecule has 3 unspecified atom stereocenters. The third-order valence-electron chi connectivity index (χ3n) is 4.98. The predicted molar refractivity (Wildman–Crippen MR) is 84.3 cm³/mol. The van der Waals surface area contributed by atoms with E-state index in [1.807, 2.05) is 0 Å². The lowest BCUT2D eigenvalue weighted by molar-refractivity contribution is -0.149. The highest BCUT2D eigenvalue weighted by Crippen LogP contribution is 2.36. The van der Waals surface area contributed by atoms with Gasteiger partial charge in [-0.15, -0.1) is 0 Å². The first-order valence-electron chi connectivity index (χ1n) is 8.18. The standard InChI is InChI=1S/C16H31N3O2/c1-12(2)17-16(15(20)21-5)7-6-14(10-16)19-9-8-18(4)11-13(19)3/h12-14,17H,6-11H2,1-5H3. The van der Waals surface area contributed by atoms with Crippen molar-refractivity contribution in [3.05, 3.63) is 0 Å². The minimum absolute atomic E-state index is 0.0968. The van der Waals surface area contributed by atoms with Crippen molar-refractivity contribution in [2.75, 3.05) is 33.8 Å². The first-order chi connectivity index (χ1) is 9.88. The molecule has 1 saturated heterocycles. The van der Waals surface area contributed by atoms with Gasteiger partial charge in [-0.25, -0.2) is 0 Å². The maximum Gasteiger partial charge on any atom is 0.326 e. The van der Waals surface area contributed by atoms with E-state index in [1.165, 1.54) is 7.11 Å². The van der Waals surface area contributed by atoms with Crippen molar-refractivity contribution in [1.82, 2.24) is 15.1 Å². The highest BCUT2D eigenvalue weighted by molar-refractivity contribution is 5.81. The van der Waals surface area contributed by atoms with Crippen LogP contribution in [0.3, 0.4) is 0 Å². The van der Waals surface area contributed by atoms with Crippen LogP contribution in [0.4, 0.5) is 0 Å². The summed E-state index contributed by atoms with van der Waals surface area (Å²) in [5, 5.41) is 3.49. The van der Waals surface area contributed by atoms with Crippen molar-refractivity contribution in [2.45, 2.75) is 63.7 Å². The molecule has 1 N–H and O–H groups in total. The molecule has 3 atom stereocenters. The number of likely N-dealkylation sites (N-methyl/N-ethyl adjacent to an activating group) is 1. The number of ether oxygens (including phenoxy) is 1. The number of carbonyl (C=O) groups excluding carboxylic acids is 1. The van der Waals surface area contributed by atoms with Gasteiger partial charge in [-0.3, -0.25) is 15.0 Å². The number of hydrogen-bond donors (Lipinski definition) is 1. The molecule has 1 aliphatic carbocycles. The molecule has 0 bridgehead atoms. The molecule has 1 saturated carbocycles. The van der Waals surface area contributed by atoms with Crippen LogP contribution in [0.1, 0.15) is 40.0 Å². The number of piperazine rings is 1. The van der Waals surface area contributed by atoms with Crippen LogP contribution in [0.5, 0.6) is 0 Å². The average Bonchev–Trinajstić information content (AvgIpc) is 2.82. The minimum atomic E-state index is -0.489. The average molecular weight is 297 g/mol. The summed E-state index contributed by atoms with van der Waals surface area (Å²) in [5.74, 6) is -0.0968.